The number of hydrogen-bond donors (Lipinski definition) is 2. The molecule has 2 aliphatic heterocycles. The van der Waals surface area contributed by atoms with Crippen molar-refractivity contribution in [2.75, 3.05) is 5.73 Å². The average Bonchev–Trinajstić information content (AvgIpc) is 2.95. The minimum Gasteiger partial charge on any atom is -0.399 e. The first kappa shape index (κ1) is 13.8. The van der Waals surface area contributed by atoms with Crippen LogP contribution in [0.2, 0.25) is 0 Å². The van der Waals surface area contributed by atoms with E-state index in [1.807, 2.05) is 0 Å². The van der Waals surface area contributed by atoms with Crippen LogP contribution in [-0.4, -0.2) is 26.7 Å². The van der Waals surface area contributed by atoms with Crippen molar-refractivity contribution in [1.82, 2.24) is 4.72 Å². The van der Waals surface area contributed by atoms with Crippen LogP contribution in [0.3, 0.4) is 0 Å². The van der Waals surface area contributed by atoms with Gasteiger partial charge >= 0.3 is 0 Å². The third-order valence-corrected chi connectivity index (χ3v) is 5.64. The van der Waals surface area contributed by atoms with Gasteiger partial charge in [0.05, 0.1) is 23.1 Å². The monoisotopic (exact) mass is 300 g/mol. The molecular weight excluding hydrogens is 283 g/mol. The van der Waals surface area contributed by atoms with Crippen molar-refractivity contribution in [2.45, 2.75) is 49.3 Å². The first-order valence-electron chi connectivity index (χ1n) is 6.60. The summed E-state index contributed by atoms with van der Waals surface area (Å²) < 4.78 is 46.7. The van der Waals surface area contributed by atoms with E-state index < -0.39 is 15.8 Å². The van der Waals surface area contributed by atoms with Gasteiger partial charge in [-0.25, -0.2) is 17.5 Å². The molecule has 2 aliphatic rings. The van der Waals surface area contributed by atoms with Crippen LogP contribution in [0.1, 0.15) is 24.8 Å². The largest absolute Gasteiger partial charge is 0.399 e. The molecule has 3 N–H and O–H groups in total. The molecule has 1 aromatic carbocycles. The molecule has 20 heavy (non-hydrogen) atoms. The van der Waals surface area contributed by atoms with Gasteiger partial charge in [0.1, 0.15) is 5.82 Å². The van der Waals surface area contributed by atoms with Gasteiger partial charge < -0.3 is 10.5 Å². The van der Waals surface area contributed by atoms with E-state index in [0.29, 0.717) is 6.42 Å². The number of anilines is 1. The molecule has 3 atom stereocenters. The van der Waals surface area contributed by atoms with Crippen LogP contribution in [0.4, 0.5) is 10.1 Å². The van der Waals surface area contributed by atoms with Crippen LogP contribution in [-0.2, 0) is 14.8 Å². The van der Waals surface area contributed by atoms with E-state index in [-0.39, 0.29) is 34.4 Å². The van der Waals surface area contributed by atoms with Gasteiger partial charge in [-0.3, -0.25) is 0 Å². The van der Waals surface area contributed by atoms with Crippen molar-refractivity contribution in [3.05, 3.63) is 23.5 Å². The van der Waals surface area contributed by atoms with Gasteiger partial charge in [0.25, 0.3) is 0 Å². The Bertz CT molecular complexity index is 647. The molecule has 2 fully saturated rings. The Kier molecular flexibility index (Phi) is 3.23. The number of sulfonamides is 1. The second-order valence-electron chi connectivity index (χ2n) is 5.46. The van der Waals surface area contributed by atoms with E-state index in [9.17, 15) is 12.8 Å². The second kappa shape index (κ2) is 4.68. The Morgan fingerprint density at radius 1 is 1.40 bits per heavy atom. The van der Waals surface area contributed by atoms with E-state index in [1.54, 1.807) is 0 Å². The first-order chi connectivity index (χ1) is 9.37. The lowest BCUT2D eigenvalue weighted by Crippen LogP contribution is -2.41. The molecule has 3 rings (SSSR count). The summed E-state index contributed by atoms with van der Waals surface area (Å²) in [6, 6.07) is 2.17. The minimum absolute atomic E-state index is 0.0685. The van der Waals surface area contributed by atoms with E-state index >= 15 is 0 Å². The fraction of sp³-hybridized carbons (Fsp3) is 0.538. The maximum atomic E-state index is 13.6. The summed E-state index contributed by atoms with van der Waals surface area (Å²) in [5.74, 6) is -0.616. The summed E-state index contributed by atoms with van der Waals surface area (Å²) in [5, 5.41) is 0. The van der Waals surface area contributed by atoms with Gasteiger partial charge in [-0.2, -0.15) is 0 Å². The molecule has 2 bridgehead atoms. The number of rotatable bonds is 3. The summed E-state index contributed by atoms with van der Waals surface area (Å²) in [6.07, 6.45) is 2.59. The number of nitrogens with two attached hydrogens (primary N) is 1. The maximum Gasteiger partial charge on any atom is 0.241 e. The van der Waals surface area contributed by atoms with Crippen LogP contribution >= 0.6 is 0 Å². The molecule has 3 unspecified atom stereocenters. The highest BCUT2D eigenvalue weighted by Gasteiger charge is 2.42. The van der Waals surface area contributed by atoms with Crippen molar-refractivity contribution < 1.29 is 17.5 Å². The van der Waals surface area contributed by atoms with Crippen molar-refractivity contribution in [1.29, 1.82) is 0 Å². The number of nitrogen functional groups attached to an aromatic ring is 1. The number of hydrogen-bond acceptors (Lipinski definition) is 4. The molecule has 7 heteroatoms. The van der Waals surface area contributed by atoms with Crippen LogP contribution in [0.15, 0.2) is 17.0 Å². The van der Waals surface area contributed by atoms with Gasteiger partial charge in [0.15, 0.2) is 0 Å². The summed E-state index contributed by atoms with van der Waals surface area (Å²) in [6.45, 7) is 1.43. The molecule has 1 aromatic rings. The molecular formula is C13H17FN2O3S. The summed E-state index contributed by atoms with van der Waals surface area (Å²) in [4.78, 5) is -0.0993. The van der Waals surface area contributed by atoms with E-state index in [1.165, 1.54) is 13.0 Å². The van der Waals surface area contributed by atoms with Crippen LogP contribution in [0, 0.1) is 12.7 Å². The molecule has 0 spiro atoms. The van der Waals surface area contributed by atoms with Gasteiger partial charge in [0.2, 0.25) is 10.0 Å². The van der Waals surface area contributed by atoms with Crippen LogP contribution in [0.5, 0.6) is 0 Å². The number of halogens is 1. The zero-order valence-corrected chi connectivity index (χ0v) is 11.9. The highest BCUT2D eigenvalue weighted by molar-refractivity contribution is 7.89. The molecule has 2 saturated heterocycles. The summed E-state index contributed by atoms with van der Waals surface area (Å²) in [7, 11) is -3.79. The van der Waals surface area contributed by atoms with Crippen molar-refractivity contribution in [3.8, 4) is 0 Å². The molecule has 0 radical (unpaired) electrons. The quantitative estimate of drug-likeness (QED) is 0.825. The van der Waals surface area contributed by atoms with Crippen molar-refractivity contribution in [2.24, 2.45) is 0 Å². The first-order valence-corrected chi connectivity index (χ1v) is 8.08. The van der Waals surface area contributed by atoms with Crippen LogP contribution < -0.4 is 10.5 Å². The highest BCUT2D eigenvalue weighted by atomic mass is 32.2. The Balaban J connectivity index is 1.89. The van der Waals surface area contributed by atoms with E-state index in [0.717, 1.165) is 18.9 Å². The van der Waals surface area contributed by atoms with Crippen molar-refractivity contribution >= 4 is 15.7 Å². The summed E-state index contributed by atoms with van der Waals surface area (Å²) in [5.41, 5.74) is 5.71. The lowest BCUT2D eigenvalue weighted by Gasteiger charge is -2.20. The summed E-state index contributed by atoms with van der Waals surface area (Å²) >= 11 is 0. The normalized spacial score (nSPS) is 29.0. The lowest BCUT2D eigenvalue weighted by atomic mass is 9.96. The SMILES string of the molecule is Cc1c(F)cc(N)cc1S(=O)(=O)NC1CC2CCC1O2. The predicted molar refractivity (Wildman–Crippen MR) is 72.2 cm³/mol. The minimum atomic E-state index is -3.79. The fourth-order valence-electron chi connectivity index (χ4n) is 2.98. The fourth-order valence-corrected chi connectivity index (χ4v) is 4.54. The van der Waals surface area contributed by atoms with Gasteiger partial charge in [-0.15, -0.1) is 0 Å². The molecule has 110 valence electrons. The van der Waals surface area contributed by atoms with Crippen LogP contribution in [0.25, 0.3) is 0 Å². The molecule has 0 saturated carbocycles. The Morgan fingerprint density at radius 3 is 2.75 bits per heavy atom. The molecule has 5 nitrogen and oxygen atoms in total. The number of ether oxygens (including phenoxy) is 1. The number of benzene rings is 1. The Hall–Kier alpha value is -1.18. The van der Waals surface area contributed by atoms with E-state index in [2.05, 4.69) is 4.72 Å². The molecule has 0 amide bonds. The van der Waals surface area contributed by atoms with Gasteiger partial charge in [-0.05, 0) is 38.3 Å². The number of nitrogens with one attached hydrogen (secondary N) is 1. The highest BCUT2D eigenvalue weighted by Crippen LogP contribution is 2.35. The van der Waals surface area contributed by atoms with Gasteiger partial charge in [-0.1, -0.05) is 0 Å². The third kappa shape index (κ3) is 2.30. The lowest BCUT2D eigenvalue weighted by molar-refractivity contribution is 0.0996. The van der Waals surface area contributed by atoms with E-state index in [4.69, 9.17) is 10.5 Å². The Labute approximate surface area is 117 Å². The Morgan fingerprint density at radius 2 is 2.15 bits per heavy atom. The average molecular weight is 300 g/mol. The molecule has 2 heterocycles. The number of fused-ring (bicyclic) bond motifs is 2. The molecule has 0 aliphatic carbocycles. The standard InChI is InChI=1S/C13H17FN2O3S/c1-7-10(14)4-8(15)5-13(7)20(17,18)16-11-6-9-2-3-12(11)19-9/h4-5,9,11-12,16H,2-3,6,15H2,1H3. The maximum absolute atomic E-state index is 13.6. The smallest absolute Gasteiger partial charge is 0.241 e. The topological polar surface area (TPSA) is 81.4 Å². The predicted octanol–water partition coefficient (Wildman–Crippen LogP) is 1.31. The second-order valence-corrected chi connectivity index (χ2v) is 7.15. The third-order valence-electron chi connectivity index (χ3n) is 4.02. The van der Waals surface area contributed by atoms with Crippen molar-refractivity contribution in [3.63, 3.8) is 0 Å². The van der Waals surface area contributed by atoms with Gasteiger partial charge in [0, 0.05) is 11.3 Å². The zero-order valence-electron chi connectivity index (χ0n) is 11.1. The zero-order chi connectivity index (χ0) is 14.5. The molecule has 0 aromatic heterocycles.